The molecule has 2 aliphatic heterocycles. The molecule has 0 saturated carbocycles. The quantitative estimate of drug-likeness (QED) is 0.595. The molecule has 1 aromatic carbocycles. The summed E-state index contributed by atoms with van der Waals surface area (Å²) in [6.45, 7) is 5.84. The van der Waals surface area contributed by atoms with E-state index < -0.39 is 41.9 Å². The third-order valence-electron chi connectivity index (χ3n) is 5.41. The Morgan fingerprint density at radius 1 is 1.24 bits per heavy atom. The number of carbonyl (C=O) groups is 3. The van der Waals surface area contributed by atoms with Gasteiger partial charge in [0.05, 0.1) is 13.2 Å². The minimum Gasteiger partial charge on any atom is -0.429 e. The highest BCUT2D eigenvalue weighted by Crippen LogP contribution is 2.39. The van der Waals surface area contributed by atoms with Crippen LogP contribution in [0, 0.1) is 0 Å². The van der Waals surface area contributed by atoms with Gasteiger partial charge in [-0.05, 0) is 26.3 Å². The van der Waals surface area contributed by atoms with Crippen molar-refractivity contribution in [2.75, 3.05) is 6.54 Å². The van der Waals surface area contributed by atoms with Crippen LogP contribution in [0.5, 0.6) is 0 Å². The van der Waals surface area contributed by atoms with Gasteiger partial charge in [-0.2, -0.15) is 4.79 Å². The molecule has 0 bridgehead atoms. The van der Waals surface area contributed by atoms with Crippen molar-refractivity contribution in [1.82, 2.24) is 0 Å². The molecular formula is C21H29N2O6+. The Morgan fingerprint density at radius 2 is 1.93 bits per heavy atom. The number of nitrogens with two attached hydrogens (primary N) is 1. The number of amides is 2. The summed E-state index contributed by atoms with van der Waals surface area (Å²) >= 11 is 0. The first kappa shape index (κ1) is 21.3. The van der Waals surface area contributed by atoms with Gasteiger partial charge in [-0.25, -0.2) is 4.48 Å². The van der Waals surface area contributed by atoms with Crippen molar-refractivity contribution in [2.45, 2.75) is 70.6 Å². The molecule has 2 saturated heterocycles. The minimum absolute atomic E-state index is 0.0392. The molecule has 8 nitrogen and oxygen atoms in total. The highest BCUT2D eigenvalue weighted by Gasteiger charge is 2.63. The summed E-state index contributed by atoms with van der Waals surface area (Å²) < 4.78 is 16.6. The molecular weight excluding hydrogens is 376 g/mol. The Kier molecular flexibility index (Phi) is 5.95. The maximum Gasteiger partial charge on any atom is 0.517 e. The lowest BCUT2D eigenvalue weighted by molar-refractivity contribution is -0.890. The van der Waals surface area contributed by atoms with Crippen LogP contribution in [0.25, 0.3) is 0 Å². The second-order valence-electron chi connectivity index (χ2n) is 8.62. The van der Waals surface area contributed by atoms with E-state index in [1.165, 1.54) is 0 Å². The summed E-state index contributed by atoms with van der Waals surface area (Å²) in [5, 5.41) is 0. The van der Waals surface area contributed by atoms with Crippen molar-refractivity contribution in [3.63, 3.8) is 0 Å². The fourth-order valence-corrected chi connectivity index (χ4v) is 4.20. The highest BCUT2D eigenvalue weighted by atomic mass is 16.7. The second-order valence-corrected chi connectivity index (χ2v) is 8.62. The van der Waals surface area contributed by atoms with E-state index in [2.05, 4.69) is 0 Å². The Morgan fingerprint density at radius 3 is 2.55 bits per heavy atom. The first-order valence-electron chi connectivity index (χ1n) is 9.89. The van der Waals surface area contributed by atoms with Gasteiger partial charge in [0, 0.05) is 12.8 Å². The first-order valence-corrected chi connectivity index (χ1v) is 9.89. The largest absolute Gasteiger partial charge is 0.517 e. The summed E-state index contributed by atoms with van der Waals surface area (Å²) in [4.78, 5) is 37.8. The Bertz CT molecular complexity index is 775. The number of benzene rings is 1. The number of ether oxygens (including phenoxy) is 3. The number of esters is 1. The van der Waals surface area contributed by atoms with Crippen molar-refractivity contribution in [3.8, 4) is 0 Å². The van der Waals surface area contributed by atoms with Crippen LogP contribution in [0.3, 0.4) is 0 Å². The highest BCUT2D eigenvalue weighted by molar-refractivity contribution is 5.81. The molecule has 0 aliphatic carbocycles. The normalized spacial score (nSPS) is 29.5. The van der Waals surface area contributed by atoms with Crippen molar-refractivity contribution in [1.29, 1.82) is 0 Å². The molecule has 2 N–H and O–H groups in total. The SMILES string of the molecule is CC(C)(C)OC(=O)[N+]1(C2CC(=O)OC2OCc2ccccc2)CCC[C@H]1C(N)=O. The second kappa shape index (κ2) is 8.12. The number of cyclic esters (lactones) is 1. The number of rotatable bonds is 5. The molecule has 8 heteroatoms. The van der Waals surface area contributed by atoms with Crippen LogP contribution in [0.1, 0.15) is 45.6 Å². The molecule has 2 amide bonds. The van der Waals surface area contributed by atoms with E-state index >= 15 is 0 Å². The van der Waals surface area contributed by atoms with Gasteiger partial charge in [0.25, 0.3) is 12.2 Å². The third-order valence-corrected chi connectivity index (χ3v) is 5.41. The Labute approximate surface area is 170 Å². The van der Waals surface area contributed by atoms with Crippen LogP contribution in [0.4, 0.5) is 4.79 Å². The van der Waals surface area contributed by atoms with Crippen LogP contribution in [0.2, 0.25) is 0 Å². The first-order chi connectivity index (χ1) is 13.6. The smallest absolute Gasteiger partial charge is 0.429 e. The van der Waals surface area contributed by atoms with Gasteiger partial charge in [-0.15, -0.1) is 0 Å². The zero-order chi connectivity index (χ0) is 21.2. The number of hydrogen-bond donors (Lipinski definition) is 1. The number of likely N-dealkylation sites (tertiary alicyclic amines) is 1. The molecule has 0 aromatic heterocycles. The molecule has 1 aromatic rings. The van der Waals surface area contributed by atoms with Crippen molar-refractivity contribution < 1.29 is 33.1 Å². The third kappa shape index (κ3) is 4.43. The van der Waals surface area contributed by atoms with Gasteiger partial charge in [0.15, 0.2) is 12.1 Å². The van der Waals surface area contributed by atoms with E-state index in [9.17, 15) is 14.4 Å². The topological polar surface area (TPSA) is 105 Å². The summed E-state index contributed by atoms with van der Waals surface area (Å²) in [7, 11) is 0. The van der Waals surface area contributed by atoms with Crippen LogP contribution >= 0.6 is 0 Å². The number of primary amides is 1. The molecule has 2 heterocycles. The molecule has 0 radical (unpaired) electrons. The molecule has 158 valence electrons. The maximum absolute atomic E-state index is 13.3. The fourth-order valence-electron chi connectivity index (χ4n) is 4.20. The molecule has 29 heavy (non-hydrogen) atoms. The van der Waals surface area contributed by atoms with E-state index in [1.807, 2.05) is 30.3 Å². The standard InChI is InChI=1S/C21H28N2O6/c1-21(2,3)29-20(26)23(11-7-10-15(23)18(22)25)16-12-17(24)28-19(16)27-13-14-8-5-4-6-9-14/h4-6,8-9,15-16,19H,7,10-13H2,1-3H3,(H-,22,25)/p+1/t15-,16?,19?,23?/m0/s1. The van der Waals surface area contributed by atoms with E-state index in [1.54, 1.807) is 20.8 Å². The summed E-state index contributed by atoms with van der Waals surface area (Å²) in [5.74, 6) is -1.06. The predicted molar refractivity (Wildman–Crippen MR) is 103 cm³/mol. The lowest BCUT2D eigenvalue weighted by Gasteiger charge is -2.41. The average Bonchev–Trinajstić information content (AvgIpc) is 3.23. The van der Waals surface area contributed by atoms with Gasteiger partial charge in [0.2, 0.25) is 0 Å². The summed E-state index contributed by atoms with van der Waals surface area (Å²) in [5.41, 5.74) is 5.81. The number of carbonyl (C=O) groups excluding carboxylic acids is 3. The minimum atomic E-state index is -0.963. The maximum atomic E-state index is 13.3. The number of hydrogen-bond acceptors (Lipinski definition) is 6. The van der Waals surface area contributed by atoms with Gasteiger partial charge in [-0.1, -0.05) is 30.3 Å². The van der Waals surface area contributed by atoms with Crippen LogP contribution < -0.4 is 5.73 Å². The zero-order valence-electron chi connectivity index (χ0n) is 17.1. The Balaban J connectivity index is 1.91. The lowest BCUT2D eigenvalue weighted by Crippen LogP contribution is -2.68. The van der Waals surface area contributed by atoms with E-state index in [-0.39, 0.29) is 17.5 Å². The average molecular weight is 405 g/mol. The zero-order valence-corrected chi connectivity index (χ0v) is 17.1. The molecule has 2 aliphatic rings. The fraction of sp³-hybridized carbons (Fsp3) is 0.571. The molecule has 3 rings (SSSR count). The van der Waals surface area contributed by atoms with Crippen LogP contribution in [-0.2, 0) is 30.4 Å². The molecule has 0 spiro atoms. The number of nitrogens with zero attached hydrogens (tertiary/aromatic N) is 1. The van der Waals surface area contributed by atoms with E-state index in [0.717, 1.165) is 5.56 Å². The van der Waals surface area contributed by atoms with E-state index in [0.29, 0.717) is 19.4 Å². The van der Waals surface area contributed by atoms with E-state index in [4.69, 9.17) is 19.9 Å². The molecule has 2 fully saturated rings. The van der Waals surface area contributed by atoms with Crippen molar-refractivity contribution in [2.24, 2.45) is 5.73 Å². The van der Waals surface area contributed by atoms with Crippen molar-refractivity contribution in [3.05, 3.63) is 35.9 Å². The number of quaternary nitrogens is 1. The summed E-state index contributed by atoms with van der Waals surface area (Å²) in [6, 6.07) is 7.97. The molecule has 3 unspecified atom stereocenters. The predicted octanol–water partition coefficient (Wildman–Crippen LogP) is 2.24. The summed E-state index contributed by atoms with van der Waals surface area (Å²) in [6.07, 6.45) is -0.513. The van der Waals surface area contributed by atoms with Gasteiger partial charge < -0.3 is 19.9 Å². The lowest BCUT2D eigenvalue weighted by atomic mass is 10.1. The van der Waals surface area contributed by atoms with Gasteiger partial charge in [-0.3, -0.25) is 9.59 Å². The van der Waals surface area contributed by atoms with Gasteiger partial charge >= 0.3 is 12.1 Å². The van der Waals surface area contributed by atoms with Crippen LogP contribution in [-0.4, -0.2) is 53.0 Å². The van der Waals surface area contributed by atoms with Gasteiger partial charge in [0.1, 0.15) is 12.0 Å². The Hall–Kier alpha value is -2.45. The van der Waals surface area contributed by atoms with Crippen LogP contribution in [0.15, 0.2) is 30.3 Å². The monoisotopic (exact) mass is 405 g/mol. The van der Waals surface area contributed by atoms with Crippen molar-refractivity contribution >= 4 is 18.0 Å². The molecule has 4 atom stereocenters.